The van der Waals surface area contributed by atoms with Crippen molar-refractivity contribution in [3.8, 4) is 0 Å². The Balaban J connectivity index is 0.000000145. The highest BCUT2D eigenvalue weighted by Gasteiger charge is 2.67. The van der Waals surface area contributed by atoms with Crippen molar-refractivity contribution in [1.29, 1.82) is 0 Å². The first-order chi connectivity index (χ1) is 58.3. The summed E-state index contributed by atoms with van der Waals surface area (Å²) in [7, 11) is -4.47. The molecule has 42 nitrogen and oxygen atoms in total. The standard InChI is InChI=1S/C20H32N5O7P.C20H32N5O6PS.C20H32N5O5PS.C20H31N5O4/c1-18(2,3)9-20-7-8-29-12(13(20)31-33(27,28)32-19(4,5)6)16(30-20)25-10-22-11-14(25)23-17(21)24-15(11)26;1-18(2,3)9-20-7-8-28-12(13(20)30-32(27,33)31-19(4,5)6)16(29-20)25-10-22-11-14(25)23-17(21)24-15(11)26;1-18(2,3)9-20-7-8-27-13(14(20)29-31(26,32)30-19(4,5)6)17(28-20)25-11-24-12-15(21)22-10-23-16(12)25;1-18(2,3)9-20-7-8-27-12(13(20)28-19(4,5)6)16(29-20)25-10-22-11-14(25)23-17(21)24-15(11)26/h10,12-13,16H,7-9H2,1-6H3,(H,27,28)(H3,21,23,24,26);10,12-13,16H,7-9H2,1-6H3,(H,27,33)(H3,21,23,24,26);10-11,13-14,17H,7-9H2,1-6H3,(H,26,32)(H2,21,22,23);10,12-13,16H,7-9H2,1-6H3,(H3,21,23,24,26)/t12-,13+,16-,20-;12-,13+,16-,20-,32?;13-,14+,17-,20-,31?;12-,13+,16-,20-/m1111/s1. The van der Waals surface area contributed by atoms with Crippen LogP contribution in [-0.2, 0) is 98.0 Å². The van der Waals surface area contributed by atoms with Crippen LogP contribution < -0.4 is 39.6 Å². The van der Waals surface area contributed by atoms with Crippen molar-refractivity contribution in [2.24, 2.45) is 21.7 Å². The van der Waals surface area contributed by atoms with E-state index in [1.54, 1.807) is 72.5 Å². The normalized spacial score (nSPS) is 30.2. The summed E-state index contributed by atoms with van der Waals surface area (Å²) in [6.45, 7) is 42.2. The third-order valence-corrected chi connectivity index (χ3v) is 26.5. The van der Waals surface area contributed by atoms with Gasteiger partial charge in [0.15, 0.2) is 69.9 Å². The largest absolute Gasteiger partial charge is 0.473 e. The summed E-state index contributed by atoms with van der Waals surface area (Å²) in [4.78, 5) is 115. The monoisotopic (exact) mass is 1880 g/mol. The molecule has 0 spiro atoms. The molecule has 0 aromatic carbocycles. The fourth-order valence-corrected chi connectivity index (χ4v) is 24.5. The highest BCUT2D eigenvalue weighted by atomic mass is 32.5. The van der Waals surface area contributed by atoms with Gasteiger partial charge >= 0.3 is 21.3 Å². The number of anilines is 4. The quantitative estimate of drug-likeness (QED) is 0.0357. The topological polar surface area (TPSA) is 555 Å². The molecule has 8 saturated heterocycles. The minimum absolute atomic E-state index is 0.0298. The predicted molar refractivity (Wildman–Crippen MR) is 477 cm³/mol. The van der Waals surface area contributed by atoms with Gasteiger partial charge in [0.05, 0.1) is 74.1 Å². The molecular weight excluding hydrogens is 1750 g/mol. The molecule has 0 amide bonds. The van der Waals surface area contributed by atoms with E-state index >= 15 is 0 Å². The zero-order chi connectivity index (χ0) is 93.5. The number of hydrogen-bond donors (Lipinski definition) is 10. The number of imidazole rings is 4. The van der Waals surface area contributed by atoms with Gasteiger partial charge in [0.2, 0.25) is 17.8 Å². The van der Waals surface area contributed by atoms with Crippen molar-refractivity contribution in [2.45, 2.75) is 336 Å². The molecule has 14 N–H and O–H groups in total. The Morgan fingerprint density at radius 2 is 0.677 bits per heavy atom. The molecule has 16 heterocycles. The fourth-order valence-electron chi connectivity index (χ4n) is 18.6. The number of aromatic nitrogens is 16. The van der Waals surface area contributed by atoms with Crippen LogP contribution in [0.5, 0.6) is 0 Å². The lowest BCUT2D eigenvalue weighted by Gasteiger charge is -2.44. The van der Waals surface area contributed by atoms with Crippen molar-refractivity contribution in [3.05, 3.63) is 62.7 Å². The van der Waals surface area contributed by atoms with E-state index in [2.05, 4.69) is 143 Å². The Morgan fingerprint density at radius 1 is 0.402 bits per heavy atom. The Morgan fingerprint density at radius 3 is 0.969 bits per heavy atom. The highest BCUT2D eigenvalue weighted by molar-refractivity contribution is 8.07. The first-order valence-electron chi connectivity index (χ1n) is 42.4. The summed E-state index contributed by atoms with van der Waals surface area (Å²) in [5, 5.41) is 0. The van der Waals surface area contributed by atoms with Gasteiger partial charge in [-0.2, -0.15) is 15.0 Å². The molecule has 127 heavy (non-hydrogen) atoms. The fraction of sp³-hybridized carbons (Fsp3) is 0.750. The van der Waals surface area contributed by atoms with Crippen molar-refractivity contribution >= 4 is 113 Å². The number of nitrogen functional groups attached to an aromatic ring is 4. The molecule has 706 valence electrons. The number of aromatic amines is 3. The Hall–Kier alpha value is -6.39. The van der Waals surface area contributed by atoms with Gasteiger partial charge in [0.1, 0.15) is 83.1 Å². The summed E-state index contributed by atoms with van der Waals surface area (Å²) in [5.74, 6) is 0.236. The van der Waals surface area contributed by atoms with E-state index < -0.39 is 133 Å². The lowest BCUT2D eigenvalue weighted by molar-refractivity contribution is -0.195. The summed E-state index contributed by atoms with van der Waals surface area (Å²) in [6, 6.07) is 0. The second-order valence-electron chi connectivity index (χ2n) is 42.7. The van der Waals surface area contributed by atoms with Crippen LogP contribution in [-0.4, -0.2) is 213 Å². The Bertz CT molecular complexity index is 5520. The number of phosphoric acid groups is 1. The van der Waals surface area contributed by atoms with Gasteiger partial charge in [0, 0.05) is 25.7 Å². The maximum Gasteiger partial charge on any atom is 0.473 e. The first kappa shape index (κ1) is 98.1. The maximum atomic E-state index is 12.9. The van der Waals surface area contributed by atoms with Crippen LogP contribution in [0.2, 0.25) is 0 Å². The zero-order valence-electron chi connectivity index (χ0n) is 76.7. The highest BCUT2D eigenvalue weighted by Crippen LogP contribution is 2.63. The molecule has 8 aliphatic heterocycles. The number of H-pyrrole nitrogens is 3. The van der Waals surface area contributed by atoms with Gasteiger partial charge < -0.3 is 89.3 Å². The smallest absolute Gasteiger partial charge is 0.382 e. The minimum atomic E-state index is -4.47. The van der Waals surface area contributed by atoms with Crippen LogP contribution in [0.15, 0.2) is 46.0 Å². The summed E-state index contributed by atoms with van der Waals surface area (Å²) < 4.78 is 112. The summed E-state index contributed by atoms with van der Waals surface area (Å²) in [6.07, 6.45) is 5.01. The Kier molecular flexibility index (Phi) is 26.7. The average Bonchev–Trinajstić information content (AvgIpc) is 1.58. The van der Waals surface area contributed by atoms with E-state index in [9.17, 15) is 33.6 Å². The van der Waals surface area contributed by atoms with E-state index in [0.717, 1.165) is 12.8 Å². The number of nitrogens with one attached hydrogen (secondary N) is 3. The van der Waals surface area contributed by atoms with E-state index in [4.69, 9.17) is 116 Å². The number of fused-ring (bicyclic) bond motifs is 12. The van der Waals surface area contributed by atoms with E-state index in [0.29, 0.717) is 81.8 Å². The molecule has 19 atom stereocenters. The molecule has 8 bridgehead atoms. The number of rotatable bonds is 18. The van der Waals surface area contributed by atoms with Crippen LogP contribution in [0.25, 0.3) is 44.7 Å². The van der Waals surface area contributed by atoms with Gasteiger partial charge in [-0.15, -0.1) is 0 Å². The molecule has 8 aromatic rings. The number of phosphoric ester groups is 1. The first-order valence-corrected chi connectivity index (χ1v) is 49.1. The van der Waals surface area contributed by atoms with E-state index in [-0.39, 0.29) is 96.5 Å². The third-order valence-electron chi connectivity index (χ3n) is 21.7. The van der Waals surface area contributed by atoms with Crippen LogP contribution in [0.1, 0.15) is 242 Å². The average molecular weight is 1880 g/mol. The SMILES string of the molecule is CC(C)(C)C[C@@]12CCO[C@@H]([C@H](n3cnc4c(=O)[nH]c(N)nc43)O1)[C@@H]2OC(C)(C)C.CC(C)(C)C[C@@]12CCO[C@@H]([C@H](n3cnc4c(=O)[nH]c(N)nc43)O1)[C@@H]2OP(=O)(O)OC(C)(C)C.CC(C)(C)C[C@@]12CCO[C@@H]([C@H](n3cnc4c(=O)[nH]c(N)nc43)O1)[C@@H]2OP(O)(=S)OC(C)(C)C.CC(C)(C)C[C@@]12CCO[C@@H]([C@H](n3cnc4c(N)ncnc43)O1)[C@@H]2OP(O)(=S)OC(C)(C)C. The molecule has 16 rings (SSSR count). The van der Waals surface area contributed by atoms with Gasteiger partial charge in [0.25, 0.3) is 16.7 Å². The van der Waals surface area contributed by atoms with Crippen molar-refractivity contribution in [3.63, 3.8) is 0 Å². The van der Waals surface area contributed by atoms with Gasteiger partial charge in [-0.25, -0.2) is 34.5 Å². The Labute approximate surface area is 746 Å². The van der Waals surface area contributed by atoms with Gasteiger partial charge in [-0.1, -0.05) is 83.1 Å². The van der Waals surface area contributed by atoms with Crippen LogP contribution in [0.3, 0.4) is 0 Å². The van der Waals surface area contributed by atoms with Crippen LogP contribution >= 0.6 is 21.3 Å². The predicted octanol–water partition coefficient (Wildman–Crippen LogP) is 10.8. The van der Waals surface area contributed by atoms with E-state index in [1.165, 1.54) is 19.0 Å². The molecule has 3 unspecified atom stereocenters. The van der Waals surface area contributed by atoms with Crippen molar-refractivity contribution in [1.82, 2.24) is 78.1 Å². The number of nitrogens with zero attached hydrogens (tertiary/aromatic N) is 13. The number of ether oxygens (including phenoxy) is 9. The lowest BCUT2D eigenvalue weighted by Crippen LogP contribution is -2.54. The second kappa shape index (κ2) is 34.6. The van der Waals surface area contributed by atoms with Gasteiger partial charge in [-0.3, -0.25) is 65.7 Å². The molecular formula is C80H127N20O22P3S2. The second-order valence-corrected chi connectivity index (χ2v) is 49.5. The summed E-state index contributed by atoms with van der Waals surface area (Å²) >= 11 is 10.7. The van der Waals surface area contributed by atoms with Crippen LogP contribution in [0, 0.1) is 21.7 Å². The van der Waals surface area contributed by atoms with Crippen molar-refractivity contribution in [2.75, 3.05) is 49.4 Å². The third kappa shape index (κ3) is 22.1. The molecule has 8 aromatic heterocycles. The lowest BCUT2D eigenvalue weighted by atomic mass is 9.76. The van der Waals surface area contributed by atoms with Crippen molar-refractivity contribution < 1.29 is 89.0 Å². The zero-order valence-corrected chi connectivity index (χ0v) is 81.0. The van der Waals surface area contributed by atoms with E-state index in [1.807, 2.05) is 41.5 Å². The molecule has 8 fully saturated rings. The van der Waals surface area contributed by atoms with Gasteiger partial charge in [-0.05, 0) is 154 Å². The summed E-state index contributed by atoms with van der Waals surface area (Å²) in [5.41, 5.74) is 18.4. The van der Waals surface area contributed by atoms with Crippen LogP contribution in [0.4, 0.5) is 23.7 Å². The minimum Gasteiger partial charge on any atom is -0.382 e. The molecule has 0 saturated carbocycles. The number of nitrogens with two attached hydrogens (primary N) is 4. The molecule has 0 aliphatic carbocycles. The molecule has 47 heteroatoms. The number of hydrogen-bond acceptors (Lipinski definition) is 34. The molecule has 8 aliphatic rings. The molecule has 0 radical (unpaired) electrons. The maximum absolute atomic E-state index is 12.9.